The largest absolute Gasteiger partial charge is 0.468 e. The van der Waals surface area contributed by atoms with Crippen LogP contribution in [-0.2, 0) is 14.3 Å². The maximum absolute atomic E-state index is 11.2. The minimum Gasteiger partial charge on any atom is -0.468 e. The Kier molecular flexibility index (Phi) is 8.83. The average molecular weight is 280 g/mol. The Morgan fingerprint density at radius 1 is 1.35 bits per heavy atom. The van der Waals surface area contributed by atoms with E-state index in [2.05, 4.69) is 10.1 Å². The summed E-state index contributed by atoms with van der Waals surface area (Å²) < 4.78 is 4.60. The maximum Gasteiger partial charge on any atom is 0.325 e. The number of amides is 1. The van der Waals surface area contributed by atoms with Gasteiger partial charge in [-0.1, -0.05) is 24.6 Å². The van der Waals surface area contributed by atoms with Crippen LogP contribution in [0.5, 0.6) is 0 Å². The molecule has 0 aliphatic rings. The highest BCUT2D eigenvalue weighted by molar-refractivity contribution is 5.77. The first kappa shape index (κ1) is 18.0. The molecule has 0 heterocycles. The molecule has 0 saturated heterocycles. The zero-order chi connectivity index (χ0) is 15.5. The molecule has 20 heavy (non-hydrogen) atoms. The van der Waals surface area contributed by atoms with Crippen LogP contribution in [0.1, 0.15) is 33.6 Å². The Morgan fingerprint density at radius 3 is 2.45 bits per heavy atom. The van der Waals surface area contributed by atoms with E-state index in [9.17, 15) is 9.59 Å². The van der Waals surface area contributed by atoms with Gasteiger partial charge >= 0.3 is 5.97 Å². The normalized spacial score (nSPS) is 13.1. The molecule has 0 saturated carbocycles. The van der Waals surface area contributed by atoms with Crippen molar-refractivity contribution in [3.63, 3.8) is 0 Å². The summed E-state index contributed by atoms with van der Waals surface area (Å²) in [4.78, 5) is 22.3. The van der Waals surface area contributed by atoms with Gasteiger partial charge in [0.25, 0.3) is 0 Å². The molecule has 0 radical (unpaired) electrons. The number of carbonyl (C=O) groups is 2. The molecule has 0 aromatic carbocycles. The Bertz CT molecular complexity index is 434. The minimum atomic E-state index is -0.362. The standard InChI is InChI=1S/C15H24N2O3/c1-5-7-8-13(17-10-15(19)20-4)11(3)12(6-2)9-14(16)18/h5,7-8,17H,6,9-10H2,1-4H3,(H2,16,18)/b7-5-,12-11-,13-8+. The number of ether oxygens (including phenoxy) is 1. The molecule has 0 spiro atoms. The molecule has 0 fully saturated rings. The quantitative estimate of drug-likeness (QED) is 0.525. The molecule has 0 rings (SSSR count). The van der Waals surface area contributed by atoms with Crippen molar-refractivity contribution in [2.75, 3.05) is 13.7 Å². The lowest BCUT2D eigenvalue weighted by atomic mass is 10.0. The summed E-state index contributed by atoms with van der Waals surface area (Å²) in [5.74, 6) is -0.711. The van der Waals surface area contributed by atoms with Gasteiger partial charge in [0.05, 0.1) is 7.11 Å². The maximum atomic E-state index is 11.2. The summed E-state index contributed by atoms with van der Waals surface area (Å²) >= 11 is 0. The molecule has 0 aliphatic carbocycles. The van der Waals surface area contributed by atoms with E-state index in [1.165, 1.54) is 7.11 Å². The molecule has 5 heteroatoms. The summed E-state index contributed by atoms with van der Waals surface area (Å²) in [6.45, 7) is 5.85. The van der Waals surface area contributed by atoms with Crippen molar-refractivity contribution >= 4 is 11.9 Å². The number of hydrogen-bond acceptors (Lipinski definition) is 4. The Labute approximate surface area is 120 Å². The lowest BCUT2D eigenvalue weighted by molar-refractivity contribution is -0.139. The van der Waals surface area contributed by atoms with Crippen molar-refractivity contribution in [2.45, 2.75) is 33.6 Å². The van der Waals surface area contributed by atoms with Crippen molar-refractivity contribution in [1.82, 2.24) is 5.32 Å². The smallest absolute Gasteiger partial charge is 0.325 e. The van der Waals surface area contributed by atoms with Gasteiger partial charge in [-0.25, -0.2) is 0 Å². The summed E-state index contributed by atoms with van der Waals surface area (Å²) in [6, 6.07) is 0. The van der Waals surface area contributed by atoms with E-state index in [4.69, 9.17) is 5.73 Å². The molecular formula is C15H24N2O3. The molecule has 112 valence electrons. The van der Waals surface area contributed by atoms with E-state index in [1.54, 1.807) is 0 Å². The zero-order valence-corrected chi connectivity index (χ0v) is 12.7. The van der Waals surface area contributed by atoms with E-state index in [-0.39, 0.29) is 24.8 Å². The predicted octanol–water partition coefficient (Wildman–Crippen LogP) is 1.81. The van der Waals surface area contributed by atoms with Crippen LogP contribution in [-0.4, -0.2) is 25.5 Å². The molecule has 0 unspecified atom stereocenters. The van der Waals surface area contributed by atoms with E-state index in [0.29, 0.717) is 0 Å². The Hall–Kier alpha value is -2.04. The molecule has 3 N–H and O–H groups in total. The van der Waals surface area contributed by atoms with Gasteiger partial charge in [0.15, 0.2) is 0 Å². The number of allylic oxidation sites excluding steroid dienone is 4. The molecule has 0 aromatic heterocycles. The molecule has 5 nitrogen and oxygen atoms in total. The van der Waals surface area contributed by atoms with Gasteiger partial charge in [0, 0.05) is 12.1 Å². The van der Waals surface area contributed by atoms with Crippen LogP contribution in [0.15, 0.2) is 35.1 Å². The summed E-state index contributed by atoms with van der Waals surface area (Å²) in [7, 11) is 1.34. The van der Waals surface area contributed by atoms with E-state index in [0.717, 1.165) is 23.3 Å². The van der Waals surface area contributed by atoms with Crippen molar-refractivity contribution in [2.24, 2.45) is 5.73 Å². The number of carbonyl (C=O) groups excluding carboxylic acids is 2. The van der Waals surface area contributed by atoms with E-state index >= 15 is 0 Å². The second-order valence-electron chi connectivity index (χ2n) is 4.26. The minimum absolute atomic E-state index is 0.0742. The third-order valence-corrected chi connectivity index (χ3v) is 2.85. The van der Waals surface area contributed by atoms with Gasteiger partial charge in [-0.05, 0) is 31.9 Å². The monoisotopic (exact) mass is 280 g/mol. The Morgan fingerprint density at radius 2 is 2.00 bits per heavy atom. The third-order valence-electron chi connectivity index (χ3n) is 2.85. The van der Waals surface area contributed by atoms with Crippen LogP contribution in [0.3, 0.4) is 0 Å². The third kappa shape index (κ3) is 6.78. The molecule has 0 aromatic rings. The highest BCUT2D eigenvalue weighted by Gasteiger charge is 2.09. The molecule has 1 amide bonds. The first-order chi connectivity index (χ1) is 9.46. The lowest BCUT2D eigenvalue weighted by Gasteiger charge is -2.14. The molecule has 0 aliphatic heterocycles. The summed E-state index contributed by atoms with van der Waals surface area (Å²) in [5.41, 5.74) is 7.91. The van der Waals surface area contributed by atoms with Crippen molar-refractivity contribution < 1.29 is 14.3 Å². The van der Waals surface area contributed by atoms with Gasteiger partial charge in [0.2, 0.25) is 5.91 Å². The number of hydrogen-bond donors (Lipinski definition) is 2. The SMILES string of the molecule is C\C=C/C=C(NCC(=O)OC)\C(C)=C(\CC)CC(N)=O. The fourth-order valence-electron chi connectivity index (χ4n) is 1.67. The fourth-order valence-corrected chi connectivity index (χ4v) is 1.67. The van der Waals surface area contributed by atoms with Gasteiger partial charge in [0.1, 0.15) is 6.54 Å². The number of primary amides is 1. The van der Waals surface area contributed by atoms with Gasteiger partial charge in [-0.2, -0.15) is 0 Å². The van der Waals surface area contributed by atoms with Crippen molar-refractivity contribution in [3.8, 4) is 0 Å². The number of rotatable bonds is 8. The first-order valence-corrected chi connectivity index (χ1v) is 6.57. The van der Waals surface area contributed by atoms with Crippen LogP contribution in [0.2, 0.25) is 0 Å². The Balaban J connectivity index is 5.23. The fraction of sp³-hybridized carbons (Fsp3) is 0.467. The second kappa shape index (κ2) is 9.83. The van der Waals surface area contributed by atoms with Gasteiger partial charge < -0.3 is 15.8 Å². The first-order valence-electron chi connectivity index (χ1n) is 6.57. The van der Waals surface area contributed by atoms with Gasteiger partial charge in [-0.15, -0.1) is 0 Å². The predicted molar refractivity (Wildman–Crippen MR) is 79.7 cm³/mol. The number of esters is 1. The van der Waals surface area contributed by atoms with Crippen LogP contribution in [0.25, 0.3) is 0 Å². The summed E-state index contributed by atoms with van der Waals surface area (Å²) in [5, 5.41) is 3.02. The number of nitrogens with two attached hydrogens (primary N) is 1. The lowest BCUT2D eigenvalue weighted by Crippen LogP contribution is -2.24. The van der Waals surface area contributed by atoms with Gasteiger partial charge in [-0.3, -0.25) is 9.59 Å². The summed E-state index contributed by atoms with van der Waals surface area (Å²) in [6.07, 6.45) is 6.54. The molecule has 0 bridgehead atoms. The zero-order valence-electron chi connectivity index (χ0n) is 12.7. The van der Waals surface area contributed by atoms with Crippen LogP contribution >= 0.6 is 0 Å². The van der Waals surface area contributed by atoms with E-state index < -0.39 is 0 Å². The molecule has 0 atom stereocenters. The molecular weight excluding hydrogens is 256 g/mol. The van der Waals surface area contributed by atoms with Crippen molar-refractivity contribution in [3.05, 3.63) is 35.1 Å². The van der Waals surface area contributed by atoms with Crippen LogP contribution < -0.4 is 11.1 Å². The van der Waals surface area contributed by atoms with Crippen LogP contribution in [0.4, 0.5) is 0 Å². The highest BCUT2D eigenvalue weighted by atomic mass is 16.5. The van der Waals surface area contributed by atoms with Crippen LogP contribution in [0, 0.1) is 0 Å². The topological polar surface area (TPSA) is 81.4 Å². The average Bonchev–Trinajstić information content (AvgIpc) is 2.43. The van der Waals surface area contributed by atoms with E-state index in [1.807, 2.05) is 39.0 Å². The second-order valence-corrected chi connectivity index (χ2v) is 4.26. The van der Waals surface area contributed by atoms with Crippen molar-refractivity contribution in [1.29, 1.82) is 0 Å². The highest BCUT2D eigenvalue weighted by Crippen LogP contribution is 2.18. The number of nitrogens with one attached hydrogen (secondary N) is 1. The number of methoxy groups -OCH3 is 1.